The summed E-state index contributed by atoms with van der Waals surface area (Å²) in [7, 11) is 0. The van der Waals surface area contributed by atoms with Crippen LogP contribution in [-0.4, -0.2) is 16.8 Å². The second-order valence-corrected chi connectivity index (χ2v) is 5.49. The highest BCUT2D eigenvalue weighted by molar-refractivity contribution is 5.64. The summed E-state index contributed by atoms with van der Waals surface area (Å²) in [6, 6.07) is 5.79. The third-order valence-corrected chi connectivity index (χ3v) is 3.36. The maximum atomic E-state index is 6.14. The molecule has 1 aliphatic rings. The number of ether oxygens (including phenoxy) is 2. The Hall–Kier alpha value is -2.01. The fraction of sp³-hybridized carbons (Fsp3) is 0.400. The van der Waals surface area contributed by atoms with Gasteiger partial charge in [-0.3, -0.25) is 0 Å². The van der Waals surface area contributed by atoms with Crippen molar-refractivity contribution in [2.75, 3.05) is 6.79 Å². The number of aromatic amines is 1. The fourth-order valence-corrected chi connectivity index (χ4v) is 2.36. The van der Waals surface area contributed by atoms with Gasteiger partial charge < -0.3 is 20.2 Å². The summed E-state index contributed by atoms with van der Waals surface area (Å²) >= 11 is 0. The van der Waals surface area contributed by atoms with Crippen molar-refractivity contribution in [2.45, 2.75) is 26.3 Å². The smallest absolute Gasteiger partial charge is 0.231 e. The molecule has 0 bridgehead atoms. The van der Waals surface area contributed by atoms with E-state index in [0.29, 0.717) is 5.92 Å². The first-order valence-electron chi connectivity index (χ1n) is 6.84. The van der Waals surface area contributed by atoms with Crippen LogP contribution in [0, 0.1) is 5.92 Å². The summed E-state index contributed by atoms with van der Waals surface area (Å²) in [6.45, 7) is 4.59. The Morgan fingerprint density at radius 1 is 1.30 bits per heavy atom. The number of benzene rings is 1. The van der Waals surface area contributed by atoms with Crippen LogP contribution >= 0.6 is 0 Å². The van der Waals surface area contributed by atoms with Gasteiger partial charge in [-0.25, -0.2) is 4.98 Å². The molecule has 0 radical (unpaired) electrons. The zero-order valence-electron chi connectivity index (χ0n) is 11.7. The molecule has 106 valence electrons. The molecule has 1 aromatic heterocycles. The lowest BCUT2D eigenvalue weighted by atomic mass is 10.0. The first-order chi connectivity index (χ1) is 9.63. The summed E-state index contributed by atoms with van der Waals surface area (Å²) in [6.07, 6.45) is 2.72. The van der Waals surface area contributed by atoms with E-state index in [4.69, 9.17) is 15.2 Å². The van der Waals surface area contributed by atoms with Crippen LogP contribution < -0.4 is 15.2 Å². The van der Waals surface area contributed by atoms with Crippen LogP contribution in [0.1, 0.15) is 32.1 Å². The van der Waals surface area contributed by atoms with E-state index >= 15 is 0 Å². The van der Waals surface area contributed by atoms with Crippen molar-refractivity contribution >= 4 is 0 Å². The molecule has 5 nitrogen and oxygen atoms in total. The minimum Gasteiger partial charge on any atom is -0.454 e. The average molecular weight is 273 g/mol. The van der Waals surface area contributed by atoms with Crippen molar-refractivity contribution in [3.05, 3.63) is 30.2 Å². The molecule has 0 spiro atoms. The third-order valence-electron chi connectivity index (χ3n) is 3.36. The van der Waals surface area contributed by atoms with Crippen LogP contribution in [-0.2, 0) is 0 Å². The number of imidazole rings is 1. The SMILES string of the molecule is CC(C)CC(N)c1ncc(-c2ccc3c(c2)OCO3)[nH]1. The van der Waals surface area contributed by atoms with E-state index in [0.717, 1.165) is 35.0 Å². The molecule has 0 aliphatic carbocycles. The minimum atomic E-state index is -0.0576. The predicted molar refractivity (Wildman–Crippen MR) is 76.5 cm³/mol. The number of nitrogens with one attached hydrogen (secondary N) is 1. The van der Waals surface area contributed by atoms with Crippen molar-refractivity contribution in [3.63, 3.8) is 0 Å². The van der Waals surface area contributed by atoms with Gasteiger partial charge >= 0.3 is 0 Å². The Bertz CT molecular complexity index is 607. The van der Waals surface area contributed by atoms with Crippen LogP contribution in [0.4, 0.5) is 0 Å². The van der Waals surface area contributed by atoms with Gasteiger partial charge in [-0.05, 0) is 30.5 Å². The molecule has 0 saturated heterocycles. The highest BCUT2D eigenvalue weighted by Crippen LogP contribution is 2.35. The monoisotopic (exact) mass is 273 g/mol. The normalized spacial score (nSPS) is 14.8. The molecule has 1 atom stereocenters. The van der Waals surface area contributed by atoms with Gasteiger partial charge in [0.05, 0.1) is 17.9 Å². The first-order valence-corrected chi connectivity index (χ1v) is 6.84. The summed E-state index contributed by atoms with van der Waals surface area (Å²) in [5, 5.41) is 0. The van der Waals surface area contributed by atoms with Crippen LogP contribution in [0.25, 0.3) is 11.3 Å². The number of rotatable bonds is 4. The summed E-state index contributed by atoms with van der Waals surface area (Å²) < 4.78 is 10.7. The number of hydrogen-bond donors (Lipinski definition) is 2. The molecule has 0 saturated carbocycles. The van der Waals surface area contributed by atoms with Gasteiger partial charge in [-0.15, -0.1) is 0 Å². The summed E-state index contributed by atoms with van der Waals surface area (Å²) in [5.74, 6) is 2.92. The van der Waals surface area contributed by atoms with Crippen LogP contribution in [0.2, 0.25) is 0 Å². The largest absolute Gasteiger partial charge is 0.454 e. The molecule has 20 heavy (non-hydrogen) atoms. The number of hydrogen-bond acceptors (Lipinski definition) is 4. The molecule has 1 unspecified atom stereocenters. The van der Waals surface area contributed by atoms with Crippen LogP contribution in [0.3, 0.4) is 0 Å². The Balaban J connectivity index is 1.83. The molecular weight excluding hydrogens is 254 g/mol. The third kappa shape index (κ3) is 2.49. The van der Waals surface area contributed by atoms with E-state index in [1.54, 1.807) is 0 Å². The number of fused-ring (bicyclic) bond motifs is 1. The second kappa shape index (κ2) is 5.17. The minimum absolute atomic E-state index is 0.0576. The van der Waals surface area contributed by atoms with Gasteiger partial charge in [0.1, 0.15) is 5.82 Å². The molecule has 5 heteroatoms. The fourth-order valence-electron chi connectivity index (χ4n) is 2.36. The van der Waals surface area contributed by atoms with Crippen molar-refractivity contribution in [3.8, 4) is 22.8 Å². The second-order valence-electron chi connectivity index (χ2n) is 5.49. The van der Waals surface area contributed by atoms with E-state index in [-0.39, 0.29) is 12.8 Å². The van der Waals surface area contributed by atoms with E-state index in [1.807, 2.05) is 24.4 Å². The molecule has 2 heterocycles. The van der Waals surface area contributed by atoms with Gasteiger partial charge in [0.15, 0.2) is 11.5 Å². The lowest BCUT2D eigenvalue weighted by Crippen LogP contribution is -2.14. The molecule has 1 aromatic carbocycles. The average Bonchev–Trinajstić information content (AvgIpc) is 3.06. The standard InChI is InChI=1S/C15H19N3O2/c1-9(2)5-11(16)15-17-7-12(18-15)10-3-4-13-14(6-10)20-8-19-13/h3-4,6-7,9,11H,5,8,16H2,1-2H3,(H,17,18). The van der Waals surface area contributed by atoms with Crippen molar-refractivity contribution < 1.29 is 9.47 Å². The quantitative estimate of drug-likeness (QED) is 0.898. The molecule has 3 rings (SSSR count). The lowest BCUT2D eigenvalue weighted by molar-refractivity contribution is 0.174. The van der Waals surface area contributed by atoms with Crippen LogP contribution in [0.15, 0.2) is 24.4 Å². The summed E-state index contributed by atoms with van der Waals surface area (Å²) in [4.78, 5) is 7.68. The molecule has 3 N–H and O–H groups in total. The maximum absolute atomic E-state index is 6.14. The molecular formula is C15H19N3O2. The first kappa shape index (κ1) is 13.0. The van der Waals surface area contributed by atoms with E-state index in [2.05, 4.69) is 23.8 Å². The molecule has 2 aromatic rings. The van der Waals surface area contributed by atoms with Crippen molar-refractivity contribution in [1.82, 2.24) is 9.97 Å². The predicted octanol–water partition coefficient (Wildman–Crippen LogP) is 2.85. The number of nitrogens with two attached hydrogens (primary N) is 1. The van der Waals surface area contributed by atoms with Gasteiger partial charge in [-0.2, -0.15) is 0 Å². The van der Waals surface area contributed by atoms with E-state index in [9.17, 15) is 0 Å². The van der Waals surface area contributed by atoms with Gasteiger partial charge in [0, 0.05) is 5.56 Å². The number of nitrogens with zero attached hydrogens (tertiary/aromatic N) is 1. The Morgan fingerprint density at radius 2 is 2.10 bits per heavy atom. The zero-order valence-corrected chi connectivity index (χ0v) is 11.7. The molecule has 1 aliphatic heterocycles. The molecule has 0 fully saturated rings. The zero-order chi connectivity index (χ0) is 14.1. The van der Waals surface area contributed by atoms with Crippen molar-refractivity contribution in [1.29, 1.82) is 0 Å². The summed E-state index contributed by atoms with van der Waals surface area (Å²) in [5.41, 5.74) is 8.10. The van der Waals surface area contributed by atoms with E-state index in [1.165, 1.54) is 0 Å². The Kier molecular flexibility index (Phi) is 3.36. The molecule has 0 amide bonds. The number of aromatic nitrogens is 2. The van der Waals surface area contributed by atoms with Gasteiger partial charge in [0.2, 0.25) is 6.79 Å². The highest BCUT2D eigenvalue weighted by atomic mass is 16.7. The lowest BCUT2D eigenvalue weighted by Gasteiger charge is -2.11. The maximum Gasteiger partial charge on any atom is 0.231 e. The van der Waals surface area contributed by atoms with Gasteiger partial charge in [0.25, 0.3) is 0 Å². The Labute approximate surface area is 118 Å². The number of H-pyrrole nitrogens is 1. The Morgan fingerprint density at radius 3 is 2.90 bits per heavy atom. The topological polar surface area (TPSA) is 73.2 Å². The van der Waals surface area contributed by atoms with E-state index < -0.39 is 0 Å². The van der Waals surface area contributed by atoms with Crippen LogP contribution in [0.5, 0.6) is 11.5 Å². The van der Waals surface area contributed by atoms with Gasteiger partial charge in [-0.1, -0.05) is 13.8 Å². The van der Waals surface area contributed by atoms with Crippen molar-refractivity contribution in [2.24, 2.45) is 11.7 Å². The highest BCUT2D eigenvalue weighted by Gasteiger charge is 2.16.